The Kier molecular flexibility index (Phi) is 3.72. The number of hydrogen-bond acceptors (Lipinski definition) is 2. The van der Waals surface area contributed by atoms with Crippen molar-refractivity contribution in [3.8, 4) is 5.75 Å². The summed E-state index contributed by atoms with van der Waals surface area (Å²) in [7, 11) is 1.74. The molecule has 0 saturated heterocycles. The molecule has 2 aliphatic carbocycles. The summed E-state index contributed by atoms with van der Waals surface area (Å²) in [4.78, 5) is 12.2. The Morgan fingerprint density at radius 2 is 2.00 bits per heavy atom. The summed E-state index contributed by atoms with van der Waals surface area (Å²) in [5.41, 5.74) is 2.67. The highest BCUT2D eigenvalue weighted by Crippen LogP contribution is 2.36. The maximum Gasteiger partial charge on any atom is 0.223 e. The van der Waals surface area contributed by atoms with Gasteiger partial charge in [-0.2, -0.15) is 0 Å². The SMILES string of the molecule is COc1cc2ccccc2c2c1CC(NC(=O)C1CCC1)CC2. The van der Waals surface area contributed by atoms with Gasteiger partial charge >= 0.3 is 0 Å². The van der Waals surface area contributed by atoms with Gasteiger partial charge in [-0.1, -0.05) is 30.7 Å². The smallest absolute Gasteiger partial charge is 0.223 e. The van der Waals surface area contributed by atoms with Crippen LogP contribution in [0.15, 0.2) is 30.3 Å². The van der Waals surface area contributed by atoms with E-state index in [1.807, 2.05) is 0 Å². The molecule has 1 unspecified atom stereocenters. The van der Waals surface area contributed by atoms with E-state index in [2.05, 4.69) is 35.6 Å². The molecule has 1 atom stereocenters. The molecule has 2 aromatic carbocycles. The van der Waals surface area contributed by atoms with E-state index in [4.69, 9.17) is 4.74 Å². The molecule has 3 nitrogen and oxygen atoms in total. The third-order valence-corrected chi connectivity index (χ3v) is 5.47. The van der Waals surface area contributed by atoms with E-state index >= 15 is 0 Å². The fraction of sp³-hybridized carbons (Fsp3) is 0.450. The van der Waals surface area contributed by atoms with Crippen molar-refractivity contribution >= 4 is 16.7 Å². The second kappa shape index (κ2) is 5.88. The average molecular weight is 309 g/mol. The highest BCUT2D eigenvalue weighted by molar-refractivity contribution is 5.89. The molecule has 1 saturated carbocycles. The first kappa shape index (κ1) is 14.6. The van der Waals surface area contributed by atoms with Gasteiger partial charge in [0.15, 0.2) is 0 Å². The number of carbonyl (C=O) groups is 1. The lowest BCUT2D eigenvalue weighted by molar-refractivity contribution is -0.128. The normalized spacial score (nSPS) is 20.7. The molecule has 0 heterocycles. The highest BCUT2D eigenvalue weighted by Gasteiger charge is 2.29. The fourth-order valence-corrected chi connectivity index (χ4v) is 3.91. The average Bonchev–Trinajstić information content (AvgIpc) is 2.52. The van der Waals surface area contributed by atoms with E-state index in [0.717, 1.165) is 37.9 Å². The lowest BCUT2D eigenvalue weighted by atomic mass is 9.82. The van der Waals surface area contributed by atoms with Crippen LogP contribution in [0.25, 0.3) is 10.8 Å². The van der Waals surface area contributed by atoms with Gasteiger partial charge in [-0.15, -0.1) is 0 Å². The third-order valence-electron chi connectivity index (χ3n) is 5.47. The molecule has 1 N–H and O–H groups in total. The summed E-state index contributed by atoms with van der Waals surface area (Å²) in [6, 6.07) is 10.9. The van der Waals surface area contributed by atoms with Crippen LogP contribution >= 0.6 is 0 Å². The Morgan fingerprint density at radius 1 is 1.17 bits per heavy atom. The fourth-order valence-electron chi connectivity index (χ4n) is 3.91. The van der Waals surface area contributed by atoms with Crippen molar-refractivity contribution < 1.29 is 9.53 Å². The van der Waals surface area contributed by atoms with E-state index in [1.54, 1.807) is 7.11 Å². The first-order chi connectivity index (χ1) is 11.3. The molecule has 1 fully saturated rings. The second-order valence-electron chi connectivity index (χ2n) is 6.83. The Labute approximate surface area is 137 Å². The molecular formula is C20H23NO2. The monoisotopic (exact) mass is 309 g/mol. The number of nitrogens with one attached hydrogen (secondary N) is 1. The summed E-state index contributed by atoms with van der Waals surface area (Å²) in [6.07, 6.45) is 6.21. The predicted octanol–water partition coefficient (Wildman–Crippen LogP) is 3.62. The molecule has 23 heavy (non-hydrogen) atoms. The van der Waals surface area contributed by atoms with Crippen LogP contribution in [-0.4, -0.2) is 19.1 Å². The standard InChI is InChI=1S/C20H23NO2/c1-23-19-11-14-5-2-3-8-16(14)17-10-9-15(12-18(17)19)21-20(22)13-6-4-7-13/h2-3,5,8,11,13,15H,4,6-7,9-10,12H2,1H3,(H,21,22). The number of ether oxygens (including phenoxy) is 1. The van der Waals surface area contributed by atoms with Crippen molar-refractivity contribution in [3.05, 3.63) is 41.5 Å². The van der Waals surface area contributed by atoms with Gasteiger partial charge in [0.2, 0.25) is 5.91 Å². The first-order valence-electron chi connectivity index (χ1n) is 8.64. The molecule has 2 aromatic rings. The van der Waals surface area contributed by atoms with Crippen LogP contribution in [-0.2, 0) is 17.6 Å². The molecule has 0 aromatic heterocycles. The minimum Gasteiger partial charge on any atom is -0.496 e. The van der Waals surface area contributed by atoms with E-state index < -0.39 is 0 Å². The molecular weight excluding hydrogens is 286 g/mol. The quantitative estimate of drug-likeness (QED) is 0.940. The van der Waals surface area contributed by atoms with Crippen LogP contribution < -0.4 is 10.1 Å². The molecule has 120 valence electrons. The molecule has 1 amide bonds. The van der Waals surface area contributed by atoms with Crippen molar-refractivity contribution in [2.75, 3.05) is 7.11 Å². The Hall–Kier alpha value is -2.03. The van der Waals surface area contributed by atoms with Gasteiger partial charge in [0.1, 0.15) is 5.75 Å². The zero-order valence-corrected chi connectivity index (χ0v) is 13.6. The highest BCUT2D eigenvalue weighted by atomic mass is 16.5. The van der Waals surface area contributed by atoms with Gasteiger partial charge in [0.25, 0.3) is 0 Å². The van der Waals surface area contributed by atoms with Crippen LogP contribution in [0.4, 0.5) is 0 Å². The summed E-state index contributed by atoms with van der Waals surface area (Å²) in [5.74, 6) is 1.47. The molecule has 4 rings (SSSR count). The van der Waals surface area contributed by atoms with Gasteiger partial charge < -0.3 is 10.1 Å². The number of fused-ring (bicyclic) bond motifs is 3. The Bertz CT molecular complexity index is 749. The second-order valence-corrected chi connectivity index (χ2v) is 6.83. The van der Waals surface area contributed by atoms with E-state index in [9.17, 15) is 4.79 Å². The largest absolute Gasteiger partial charge is 0.496 e. The van der Waals surface area contributed by atoms with Crippen LogP contribution in [0.3, 0.4) is 0 Å². The maximum absolute atomic E-state index is 12.2. The predicted molar refractivity (Wildman–Crippen MR) is 91.8 cm³/mol. The number of hydrogen-bond donors (Lipinski definition) is 1. The van der Waals surface area contributed by atoms with Crippen molar-refractivity contribution in [1.82, 2.24) is 5.32 Å². The first-order valence-corrected chi connectivity index (χ1v) is 8.64. The number of benzene rings is 2. The topological polar surface area (TPSA) is 38.3 Å². The summed E-state index contributed by atoms with van der Waals surface area (Å²) in [5, 5.41) is 5.83. The van der Waals surface area contributed by atoms with Gasteiger partial charge in [-0.25, -0.2) is 0 Å². The summed E-state index contributed by atoms with van der Waals surface area (Å²) >= 11 is 0. The van der Waals surface area contributed by atoms with E-state index in [1.165, 1.54) is 28.3 Å². The third kappa shape index (κ3) is 2.58. The molecule has 0 spiro atoms. The number of methoxy groups -OCH3 is 1. The van der Waals surface area contributed by atoms with Gasteiger partial charge in [0, 0.05) is 12.0 Å². The minimum absolute atomic E-state index is 0.241. The Morgan fingerprint density at radius 3 is 2.74 bits per heavy atom. The van der Waals surface area contributed by atoms with E-state index in [0.29, 0.717) is 0 Å². The number of carbonyl (C=O) groups excluding carboxylic acids is 1. The van der Waals surface area contributed by atoms with Crippen LogP contribution in [0.5, 0.6) is 5.75 Å². The van der Waals surface area contributed by atoms with Crippen molar-refractivity contribution in [2.45, 2.75) is 44.6 Å². The molecule has 0 radical (unpaired) electrons. The number of amides is 1. The number of rotatable bonds is 3. The van der Waals surface area contributed by atoms with Crippen LogP contribution in [0, 0.1) is 5.92 Å². The van der Waals surface area contributed by atoms with Crippen molar-refractivity contribution in [3.63, 3.8) is 0 Å². The minimum atomic E-state index is 0.241. The summed E-state index contributed by atoms with van der Waals surface area (Å²) in [6.45, 7) is 0. The van der Waals surface area contributed by atoms with E-state index in [-0.39, 0.29) is 17.9 Å². The lowest BCUT2D eigenvalue weighted by Crippen LogP contribution is -2.43. The van der Waals surface area contributed by atoms with Gasteiger partial charge in [0.05, 0.1) is 7.11 Å². The van der Waals surface area contributed by atoms with Crippen LogP contribution in [0.2, 0.25) is 0 Å². The zero-order valence-electron chi connectivity index (χ0n) is 13.6. The molecule has 0 bridgehead atoms. The molecule has 2 aliphatic rings. The summed E-state index contributed by atoms with van der Waals surface area (Å²) < 4.78 is 5.64. The van der Waals surface area contributed by atoms with Gasteiger partial charge in [-0.05, 0) is 60.1 Å². The maximum atomic E-state index is 12.2. The van der Waals surface area contributed by atoms with Crippen molar-refractivity contribution in [1.29, 1.82) is 0 Å². The van der Waals surface area contributed by atoms with Gasteiger partial charge in [-0.3, -0.25) is 4.79 Å². The lowest BCUT2D eigenvalue weighted by Gasteiger charge is -2.31. The van der Waals surface area contributed by atoms with Crippen molar-refractivity contribution in [2.24, 2.45) is 5.92 Å². The van der Waals surface area contributed by atoms with Crippen LogP contribution in [0.1, 0.15) is 36.8 Å². The molecule has 0 aliphatic heterocycles. The number of aryl methyl sites for hydroxylation is 1. The zero-order chi connectivity index (χ0) is 15.8. The molecule has 3 heteroatoms. The Balaban J connectivity index is 1.63.